The molecule has 6 nitrogen and oxygen atoms in total. The van der Waals surface area contributed by atoms with Crippen molar-refractivity contribution in [3.8, 4) is 0 Å². The number of amides is 1. The molecule has 1 amide bonds. The van der Waals surface area contributed by atoms with Crippen molar-refractivity contribution >= 4 is 17.3 Å². The number of nitrogens with zero attached hydrogens (tertiary/aromatic N) is 5. The van der Waals surface area contributed by atoms with E-state index in [-0.39, 0.29) is 11.8 Å². The molecule has 0 aromatic heterocycles. The lowest BCUT2D eigenvalue weighted by Crippen LogP contribution is -2.25. The van der Waals surface area contributed by atoms with E-state index in [2.05, 4.69) is 27.1 Å². The fourth-order valence-electron chi connectivity index (χ4n) is 3.14. The van der Waals surface area contributed by atoms with E-state index >= 15 is 0 Å². The fourth-order valence-corrected chi connectivity index (χ4v) is 3.14. The van der Waals surface area contributed by atoms with Gasteiger partial charge in [0.2, 0.25) is 5.91 Å². The highest BCUT2D eigenvalue weighted by atomic mass is 16.2. The van der Waals surface area contributed by atoms with Gasteiger partial charge in [-0.05, 0) is 42.5 Å². The molecule has 2 heterocycles. The standard InChI is InChI=1S/C15H19N5O/c16-18-17-10-12-8-15(21)20(11-12)14-5-3-4-13(9-14)19-6-1-2-7-19/h3-5,9,12H,1-2,6-8,10-11H2. The van der Waals surface area contributed by atoms with Crippen LogP contribution >= 0.6 is 0 Å². The van der Waals surface area contributed by atoms with Gasteiger partial charge in [0.25, 0.3) is 0 Å². The van der Waals surface area contributed by atoms with Gasteiger partial charge in [-0.15, -0.1) is 0 Å². The molecule has 0 saturated carbocycles. The number of carbonyl (C=O) groups excluding carboxylic acids is 1. The Balaban J connectivity index is 1.75. The maximum absolute atomic E-state index is 12.2. The smallest absolute Gasteiger partial charge is 0.227 e. The van der Waals surface area contributed by atoms with Crippen molar-refractivity contribution in [2.45, 2.75) is 19.3 Å². The summed E-state index contributed by atoms with van der Waals surface area (Å²) in [5.74, 6) is 0.246. The summed E-state index contributed by atoms with van der Waals surface area (Å²) in [7, 11) is 0. The molecule has 0 spiro atoms. The van der Waals surface area contributed by atoms with Crippen LogP contribution in [0.4, 0.5) is 11.4 Å². The maximum Gasteiger partial charge on any atom is 0.227 e. The summed E-state index contributed by atoms with van der Waals surface area (Å²) in [5.41, 5.74) is 10.5. The molecule has 0 radical (unpaired) electrons. The first kappa shape index (κ1) is 13.8. The van der Waals surface area contributed by atoms with Gasteiger partial charge in [0.1, 0.15) is 0 Å². The highest BCUT2D eigenvalue weighted by Gasteiger charge is 2.30. The van der Waals surface area contributed by atoms with Crippen LogP contribution in [0.1, 0.15) is 19.3 Å². The average Bonchev–Trinajstić information content (AvgIpc) is 3.15. The molecule has 0 N–H and O–H groups in total. The van der Waals surface area contributed by atoms with Crippen molar-refractivity contribution in [3.63, 3.8) is 0 Å². The average molecular weight is 285 g/mol. The monoisotopic (exact) mass is 285 g/mol. The molecule has 0 bridgehead atoms. The van der Waals surface area contributed by atoms with Gasteiger partial charge in [-0.3, -0.25) is 4.79 Å². The Kier molecular flexibility index (Phi) is 3.97. The minimum atomic E-state index is 0.117. The number of benzene rings is 1. The number of anilines is 2. The molecule has 3 rings (SSSR count). The van der Waals surface area contributed by atoms with E-state index in [1.807, 2.05) is 17.0 Å². The highest BCUT2D eigenvalue weighted by Crippen LogP contribution is 2.29. The second-order valence-electron chi connectivity index (χ2n) is 5.70. The Morgan fingerprint density at radius 3 is 2.81 bits per heavy atom. The topological polar surface area (TPSA) is 72.3 Å². The lowest BCUT2D eigenvalue weighted by molar-refractivity contribution is -0.117. The SMILES string of the molecule is [N-]=[N+]=NCC1CC(=O)N(c2cccc(N3CCCC3)c2)C1. The molecule has 1 aromatic rings. The van der Waals surface area contributed by atoms with E-state index in [1.54, 1.807) is 0 Å². The Hall–Kier alpha value is -2.20. The summed E-state index contributed by atoms with van der Waals surface area (Å²) in [6.45, 7) is 3.22. The van der Waals surface area contributed by atoms with Gasteiger partial charge in [0.15, 0.2) is 0 Å². The molecule has 2 aliphatic rings. The molecule has 1 unspecified atom stereocenters. The third-order valence-corrected chi connectivity index (χ3v) is 4.22. The summed E-state index contributed by atoms with van der Waals surface area (Å²) in [6.07, 6.45) is 2.94. The van der Waals surface area contributed by atoms with Crippen molar-refractivity contribution in [2.75, 3.05) is 36.0 Å². The summed E-state index contributed by atoms with van der Waals surface area (Å²) in [5, 5.41) is 3.59. The molecule has 1 aromatic carbocycles. The number of rotatable bonds is 4. The van der Waals surface area contributed by atoms with Crippen LogP contribution in [0.5, 0.6) is 0 Å². The number of azide groups is 1. The predicted octanol–water partition coefficient (Wildman–Crippen LogP) is 2.95. The van der Waals surface area contributed by atoms with E-state index in [1.165, 1.54) is 18.5 Å². The van der Waals surface area contributed by atoms with E-state index in [0.29, 0.717) is 19.5 Å². The largest absolute Gasteiger partial charge is 0.371 e. The van der Waals surface area contributed by atoms with Crippen LogP contribution < -0.4 is 9.80 Å². The van der Waals surface area contributed by atoms with Crippen LogP contribution in [-0.2, 0) is 4.79 Å². The molecule has 2 aliphatic heterocycles. The normalized spacial score (nSPS) is 21.7. The molecule has 0 aliphatic carbocycles. The van der Waals surface area contributed by atoms with Crippen LogP contribution in [0, 0.1) is 5.92 Å². The van der Waals surface area contributed by atoms with Crippen molar-refractivity contribution in [1.82, 2.24) is 0 Å². The molecular weight excluding hydrogens is 266 g/mol. The summed E-state index contributed by atoms with van der Waals surface area (Å²) < 4.78 is 0. The van der Waals surface area contributed by atoms with Crippen LogP contribution in [0.15, 0.2) is 29.4 Å². The zero-order chi connectivity index (χ0) is 14.7. The van der Waals surface area contributed by atoms with Crippen molar-refractivity contribution in [3.05, 3.63) is 34.7 Å². The quantitative estimate of drug-likeness (QED) is 0.484. The molecule has 110 valence electrons. The van der Waals surface area contributed by atoms with Gasteiger partial charge in [-0.2, -0.15) is 0 Å². The van der Waals surface area contributed by atoms with E-state index in [4.69, 9.17) is 5.53 Å². The van der Waals surface area contributed by atoms with E-state index in [0.717, 1.165) is 18.8 Å². The van der Waals surface area contributed by atoms with Crippen LogP contribution in [0.2, 0.25) is 0 Å². The fraction of sp³-hybridized carbons (Fsp3) is 0.533. The summed E-state index contributed by atoms with van der Waals surface area (Å²) in [4.78, 5) is 19.1. The lowest BCUT2D eigenvalue weighted by Gasteiger charge is -2.22. The Morgan fingerprint density at radius 2 is 2.05 bits per heavy atom. The van der Waals surface area contributed by atoms with Crippen LogP contribution in [0.25, 0.3) is 10.4 Å². The van der Waals surface area contributed by atoms with Crippen molar-refractivity contribution in [2.24, 2.45) is 11.0 Å². The molecule has 21 heavy (non-hydrogen) atoms. The zero-order valence-corrected chi connectivity index (χ0v) is 12.0. The zero-order valence-electron chi connectivity index (χ0n) is 12.0. The van der Waals surface area contributed by atoms with Gasteiger partial charge in [-0.1, -0.05) is 11.2 Å². The van der Waals surface area contributed by atoms with E-state index in [9.17, 15) is 4.79 Å². The van der Waals surface area contributed by atoms with Crippen LogP contribution in [-0.4, -0.2) is 32.1 Å². The minimum absolute atomic E-state index is 0.117. The van der Waals surface area contributed by atoms with Gasteiger partial charge in [0, 0.05) is 48.9 Å². The number of carbonyl (C=O) groups is 1. The molecular formula is C15H19N5O. The van der Waals surface area contributed by atoms with Gasteiger partial charge in [-0.25, -0.2) is 0 Å². The second-order valence-corrected chi connectivity index (χ2v) is 5.70. The Morgan fingerprint density at radius 1 is 1.29 bits per heavy atom. The Labute approximate surface area is 124 Å². The summed E-state index contributed by atoms with van der Waals surface area (Å²) in [6, 6.07) is 8.19. The van der Waals surface area contributed by atoms with Gasteiger partial charge >= 0.3 is 0 Å². The van der Waals surface area contributed by atoms with E-state index < -0.39 is 0 Å². The van der Waals surface area contributed by atoms with Gasteiger partial charge in [0.05, 0.1) is 0 Å². The summed E-state index contributed by atoms with van der Waals surface area (Å²) >= 11 is 0. The molecule has 2 fully saturated rings. The van der Waals surface area contributed by atoms with Crippen molar-refractivity contribution in [1.29, 1.82) is 0 Å². The lowest BCUT2D eigenvalue weighted by atomic mass is 10.1. The molecule has 1 atom stereocenters. The first-order valence-electron chi connectivity index (χ1n) is 7.44. The van der Waals surface area contributed by atoms with Gasteiger partial charge < -0.3 is 9.80 Å². The first-order chi connectivity index (χ1) is 10.3. The van der Waals surface area contributed by atoms with Crippen molar-refractivity contribution < 1.29 is 4.79 Å². The Bertz CT molecular complexity index is 575. The molecule has 6 heteroatoms. The van der Waals surface area contributed by atoms with Crippen LogP contribution in [0.3, 0.4) is 0 Å². The number of hydrogen-bond donors (Lipinski definition) is 0. The second kappa shape index (κ2) is 6.06. The third kappa shape index (κ3) is 2.95. The predicted molar refractivity (Wildman–Crippen MR) is 82.4 cm³/mol. The molecule has 2 saturated heterocycles. The maximum atomic E-state index is 12.2. The first-order valence-corrected chi connectivity index (χ1v) is 7.44. The minimum Gasteiger partial charge on any atom is -0.371 e. The highest BCUT2D eigenvalue weighted by molar-refractivity contribution is 5.96. The third-order valence-electron chi connectivity index (χ3n) is 4.22. The number of hydrogen-bond acceptors (Lipinski definition) is 3.